The average molecular weight is 359 g/mol. The molecule has 0 fully saturated rings. The number of hydrogen-bond acceptors (Lipinski definition) is 3. The van der Waals surface area contributed by atoms with Gasteiger partial charge < -0.3 is 14.6 Å². The lowest BCUT2D eigenvalue weighted by Crippen LogP contribution is -2.07. The Bertz CT molecular complexity index is 639. The summed E-state index contributed by atoms with van der Waals surface area (Å²) in [6, 6.07) is 7.26. The lowest BCUT2D eigenvalue weighted by Gasteiger charge is -2.19. The maximum Gasteiger partial charge on any atom is 0.173 e. The second-order valence-corrected chi connectivity index (χ2v) is 5.04. The molecule has 1 atom stereocenters. The van der Waals surface area contributed by atoms with Crippen molar-refractivity contribution in [2.24, 2.45) is 0 Å². The Hall–Kier alpha value is -1.66. The van der Waals surface area contributed by atoms with Crippen molar-refractivity contribution in [3.8, 4) is 11.5 Å². The Labute approximate surface area is 129 Å². The van der Waals surface area contributed by atoms with Crippen molar-refractivity contribution < 1.29 is 23.4 Å². The number of benzene rings is 2. The SMILES string of the molecule is COc1cccc(OC)c1C(O)c1ccc(F)c(F)c1Br. The molecule has 0 spiro atoms. The molecule has 3 nitrogen and oxygen atoms in total. The van der Waals surface area contributed by atoms with Crippen LogP contribution in [0.25, 0.3) is 0 Å². The number of rotatable bonds is 4. The highest BCUT2D eigenvalue weighted by atomic mass is 79.9. The van der Waals surface area contributed by atoms with E-state index < -0.39 is 17.7 Å². The molecule has 0 aliphatic rings. The number of halogens is 3. The number of methoxy groups -OCH3 is 2. The second kappa shape index (κ2) is 6.41. The van der Waals surface area contributed by atoms with Gasteiger partial charge in [0.25, 0.3) is 0 Å². The van der Waals surface area contributed by atoms with Crippen LogP contribution in [0.5, 0.6) is 11.5 Å². The van der Waals surface area contributed by atoms with E-state index in [9.17, 15) is 13.9 Å². The summed E-state index contributed by atoms with van der Waals surface area (Å²) < 4.78 is 37.1. The summed E-state index contributed by atoms with van der Waals surface area (Å²) in [4.78, 5) is 0. The van der Waals surface area contributed by atoms with Crippen molar-refractivity contribution in [3.05, 3.63) is 57.6 Å². The zero-order valence-electron chi connectivity index (χ0n) is 11.4. The zero-order valence-corrected chi connectivity index (χ0v) is 12.9. The monoisotopic (exact) mass is 358 g/mol. The molecule has 1 N–H and O–H groups in total. The molecule has 0 saturated carbocycles. The van der Waals surface area contributed by atoms with Gasteiger partial charge >= 0.3 is 0 Å². The first-order chi connectivity index (χ1) is 10.0. The second-order valence-electron chi connectivity index (χ2n) is 4.24. The number of hydrogen-bond donors (Lipinski definition) is 1. The van der Waals surface area contributed by atoms with Gasteiger partial charge in [-0.1, -0.05) is 12.1 Å². The Morgan fingerprint density at radius 3 is 2.14 bits per heavy atom. The lowest BCUT2D eigenvalue weighted by molar-refractivity contribution is 0.207. The molecule has 0 aromatic heterocycles. The molecule has 21 heavy (non-hydrogen) atoms. The Kier molecular flexibility index (Phi) is 4.80. The van der Waals surface area contributed by atoms with Gasteiger partial charge in [-0.05, 0) is 34.1 Å². The van der Waals surface area contributed by atoms with Crippen molar-refractivity contribution >= 4 is 15.9 Å². The Morgan fingerprint density at radius 1 is 1.05 bits per heavy atom. The van der Waals surface area contributed by atoms with Gasteiger partial charge in [0.15, 0.2) is 11.6 Å². The van der Waals surface area contributed by atoms with E-state index in [2.05, 4.69) is 15.9 Å². The first-order valence-corrected chi connectivity index (χ1v) is 6.82. The summed E-state index contributed by atoms with van der Waals surface area (Å²) in [6.45, 7) is 0. The van der Waals surface area contributed by atoms with Crippen LogP contribution in [-0.4, -0.2) is 19.3 Å². The zero-order chi connectivity index (χ0) is 15.6. The molecule has 0 bridgehead atoms. The van der Waals surface area contributed by atoms with E-state index in [4.69, 9.17) is 9.47 Å². The topological polar surface area (TPSA) is 38.7 Å². The van der Waals surface area contributed by atoms with Gasteiger partial charge in [0, 0.05) is 5.56 Å². The van der Waals surface area contributed by atoms with Crippen molar-refractivity contribution in [3.63, 3.8) is 0 Å². The predicted octanol–water partition coefficient (Wildman–Crippen LogP) is 3.83. The molecule has 1 unspecified atom stereocenters. The Morgan fingerprint density at radius 2 is 1.62 bits per heavy atom. The number of aliphatic hydroxyl groups is 1. The van der Waals surface area contributed by atoms with E-state index in [-0.39, 0.29) is 10.0 Å². The summed E-state index contributed by atoms with van der Waals surface area (Å²) in [6.07, 6.45) is -1.24. The highest BCUT2D eigenvalue weighted by Crippen LogP contribution is 2.40. The van der Waals surface area contributed by atoms with E-state index in [1.807, 2.05) is 0 Å². The average Bonchev–Trinajstić information content (AvgIpc) is 2.51. The summed E-state index contributed by atoms with van der Waals surface area (Å²) >= 11 is 2.97. The molecule has 2 aromatic rings. The summed E-state index contributed by atoms with van der Waals surface area (Å²) in [7, 11) is 2.90. The van der Waals surface area contributed by atoms with Gasteiger partial charge in [0.2, 0.25) is 0 Å². The van der Waals surface area contributed by atoms with Gasteiger partial charge in [-0.2, -0.15) is 0 Å². The Balaban J connectivity index is 2.60. The maximum atomic E-state index is 13.6. The van der Waals surface area contributed by atoms with Crippen LogP contribution < -0.4 is 9.47 Å². The van der Waals surface area contributed by atoms with Crippen molar-refractivity contribution in [2.45, 2.75) is 6.10 Å². The molecular weight excluding hydrogens is 346 g/mol. The molecular formula is C15H13BrF2O3. The van der Waals surface area contributed by atoms with Crippen LogP contribution in [-0.2, 0) is 0 Å². The standard InChI is InChI=1S/C15H13BrF2O3/c1-20-10-4-3-5-11(21-2)12(10)15(19)8-6-7-9(17)14(18)13(8)16/h3-7,15,19H,1-2H3. The molecule has 0 amide bonds. The lowest BCUT2D eigenvalue weighted by atomic mass is 9.99. The summed E-state index contributed by atoms with van der Waals surface area (Å²) in [5.74, 6) is -1.28. The minimum Gasteiger partial charge on any atom is -0.496 e. The van der Waals surface area contributed by atoms with Gasteiger partial charge in [-0.15, -0.1) is 0 Å². The minimum absolute atomic E-state index is 0.136. The summed E-state index contributed by atoms with van der Waals surface area (Å²) in [5, 5.41) is 10.5. The van der Waals surface area contributed by atoms with Crippen molar-refractivity contribution in [1.29, 1.82) is 0 Å². The molecule has 2 aromatic carbocycles. The third kappa shape index (κ3) is 2.87. The molecule has 112 valence electrons. The molecule has 2 rings (SSSR count). The highest BCUT2D eigenvalue weighted by molar-refractivity contribution is 9.10. The van der Waals surface area contributed by atoms with Gasteiger partial charge in [-0.25, -0.2) is 8.78 Å². The molecule has 0 aliphatic carbocycles. The van der Waals surface area contributed by atoms with Crippen LogP contribution in [0.2, 0.25) is 0 Å². The molecule has 0 saturated heterocycles. The van der Waals surface area contributed by atoms with Crippen LogP contribution in [0.3, 0.4) is 0 Å². The van der Waals surface area contributed by atoms with Crippen LogP contribution in [0.15, 0.2) is 34.8 Å². The van der Waals surface area contributed by atoms with Crippen LogP contribution in [0, 0.1) is 11.6 Å². The fraction of sp³-hybridized carbons (Fsp3) is 0.200. The van der Waals surface area contributed by atoms with E-state index >= 15 is 0 Å². The third-order valence-corrected chi connectivity index (χ3v) is 3.90. The van der Waals surface area contributed by atoms with Crippen molar-refractivity contribution in [1.82, 2.24) is 0 Å². The van der Waals surface area contributed by atoms with Gasteiger partial charge in [-0.3, -0.25) is 0 Å². The first-order valence-electron chi connectivity index (χ1n) is 6.03. The molecule has 0 radical (unpaired) electrons. The maximum absolute atomic E-state index is 13.6. The summed E-state index contributed by atoms with van der Waals surface area (Å²) in [5.41, 5.74) is 0.519. The quantitative estimate of drug-likeness (QED) is 0.844. The van der Waals surface area contributed by atoms with E-state index in [1.165, 1.54) is 20.3 Å². The van der Waals surface area contributed by atoms with E-state index in [0.717, 1.165) is 6.07 Å². The van der Waals surface area contributed by atoms with Crippen LogP contribution in [0.1, 0.15) is 17.2 Å². The van der Waals surface area contributed by atoms with Crippen LogP contribution >= 0.6 is 15.9 Å². The minimum atomic E-state index is -1.24. The normalized spacial score (nSPS) is 12.1. The third-order valence-electron chi connectivity index (χ3n) is 3.10. The largest absolute Gasteiger partial charge is 0.496 e. The van der Waals surface area contributed by atoms with Crippen molar-refractivity contribution in [2.75, 3.05) is 14.2 Å². The van der Waals surface area contributed by atoms with E-state index in [1.54, 1.807) is 18.2 Å². The fourth-order valence-corrected chi connectivity index (χ4v) is 2.60. The molecule has 6 heteroatoms. The molecule has 0 aliphatic heterocycles. The first kappa shape index (κ1) is 15.7. The number of aliphatic hydroxyl groups excluding tert-OH is 1. The van der Waals surface area contributed by atoms with Gasteiger partial charge in [0.05, 0.1) is 24.3 Å². The molecule has 0 heterocycles. The highest BCUT2D eigenvalue weighted by Gasteiger charge is 2.24. The fourth-order valence-electron chi connectivity index (χ4n) is 2.06. The number of ether oxygens (including phenoxy) is 2. The van der Waals surface area contributed by atoms with E-state index in [0.29, 0.717) is 17.1 Å². The van der Waals surface area contributed by atoms with Gasteiger partial charge in [0.1, 0.15) is 17.6 Å². The smallest absolute Gasteiger partial charge is 0.173 e. The predicted molar refractivity (Wildman–Crippen MR) is 77.7 cm³/mol. The van der Waals surface area contributed by atoms with Crippen LogP contribution in [0.4, 0.5) is 8.78 Å².